The number of nitrogens with two attached hydrogens (primary N) is 1. The fraction of sp³-hybridized carbons (Fsp3) is 0.524. The lowest BCUT2D eigenvalue weighted by Gasteiger charge is -2.36. The largest absolute Gasteiger partial charge is 0.346 e. The van der Waals surface area contributed by atoms with Crippen molar-refractivity contribution >= 4 is 28.6 Å². The quantitative estimate of drug-likeness (QED) is 0.708. The summed E-state index contributed by atoms with van der Waals surface area (Å²) in [7, 11) is 0. The number of nitrogens with one attached hydrogen (secondary N) is 1. The van der Waals surface area contributed by atoms with Crippen molar-refractivity contribution in [3.63, 3.8) is 0 Å². The molecule has 2 aromatic heterocycles. The number of fused-ring (bicyclic) bond motifs is 1. The van der Waals surface area contributed by atoms with Crippen LogP contribution in [0.5, 0.6) is 0 Å². The maximum absolute atomic E-state index is 12.6. The number of aromatic nitrogens is 2. The number of carbonyl (C=O) groups is 3. The molecular weight excluding hydrogens is 384 g/mol. The number of nitrogens with zero attached hydrogens (tertiary/aromatic N) is 4. The predicted octanol–water partition coefficient (Wildman–Crippen LogP) is 0.339. The molecule has 0 aromatic carbocycles. The fourth-order valence-corrected chi connectivity index (χ4v) is 3.49. The first-order chi connectivity index (χ1) is 14.2. The minimum atomic E-state index is -1.04. The average molecular weight is 415 g/mol. The van der Waals surface area contributed by atoms with Crippen LogP contribution in [0, 0.1) is 0 Å². The monoisotopic (exact) mass is 414 g/mol. The molecule has 1 aliphatic rings. The Morgan fingerprint density at radius 3 is 2.50 bits per heavy atom. The predicted molar refractivity (Wildman–Crippen MR) is 113 cm³/mol. The van der Waals surface area contributed by atoms with E-state index < -0.39 is 11.6 Å². The van der Waals surface area contributed by atoms with Crippen molar-refractivity contribution in [2.45, 2.75) is 45.3 Å². The number of piperazine rings is 1. The van der Waals surface area contributed by atoms with Gasteiger partial charge >= 0.3 is 0 Å². The molecule has 30 heavy (non-hydrogen) atoms. The van der Waals surface area contributed by atoms with E-state index in [0.29, 0.717) is 39.1 Å². The Balaban J connectivity index is 1.47. The molecule has 3 N–H and O–H groups in total. The molecule has 0 aliphatic carbocycles. The van der Waals surface area contributed by atoms with Crippen LogP contribution in [0.2, 0.25) is 0 Å². The van der Waals surface area contributed by atoms with Crippen LogP contribution in [0.25, 0.3) is 10.9 Å². The molecule has 3 heterocycles. The van der Waals surface area contributed by atoms with Gasteiger partial charge in [0, 0.05) is 56.9 Å². The molecule has 9 heteroatoms. The van der Waals surface area contributed by atoms with Gasteiger partial charge in [0.1, 0.15) is 6.04 Å². The van der Waals surface area contributed by atoms with Crippen LogP contribution in [-0.2, 0) is 20.9 Å². The van der Waals surface area contributed by atoms with Gasteiger partial charge in [0.2, 0.25) is 17.7 Å². The van der Waals surface area contributed by atoms with Gasteiger partial charge in [0.15, 0.2) is 0 Å². The van der Waals surface area contributed by atoms with Crippen molar-refractivity contribution in [3.05, 3.63) is 30.7 Å². The SMILES string of the molecule is C[C@H](NC(=O)C(C)(C)N)C(=O)N1CCN(C(=O)CCn2ccc3ccncc32)CC1. The van der Waals surface area contributed by atoms with Crippen LogP contribution in [0.4, 0.5) is 0 Å². The van der Waals surface area contributed by atoms with E-state index in [4.69, 9.17) is 5.73 Å². The number of hydrogen-bond acceptors (Lipinski definition) is 5. The second-order valence-electron chi connectivity index (χ2n) is 8.32. The number of rotatable bonds is 6. The normalized spacial score (nSPS) is 15.9. The molecule has 1 saturated heterocycles. The second kappa shape index (κ2) is 8.83. The van der Waals surface area contributed by atoms with Crippen molar-refractivity contribution in [1.29, 1.82) is 0 Å². The van der Waals surface area contributed by atoms with E-state index in [9.17, 15) is 14.4 Å². The standard InChI is InChI=1S/C21H30N6O3/c1-15(24-20(30)21(2,3)22)19(29)27-12-10-26(11-13-27)18(28)6-9-25-8-5-16-4-7-23-14-17(16)25/h4-5,7-8,14-15H,6,9-13,22H2,1-3H3,(H,24,30)/t15-/m0/s1. The van der Waals surface area contributed by atoms with Crippen LogP contribution >= 0.6 is 0 Å². The molecule has 0 bridgehead atoms. The van der Waals surface area contributed by atoms with Crippen LogP contribution in [0.3, 0.4) is 0 Å². The van der Waals surface area contributed by atoms with Crippen LogP contribution < -0.4 is 11.1 Å². The highest BCUT2D eigenvalue weighted by Gasteiger charge is 2.30. The van der Waals surface area contributed by atoms with Crippen molar-refractivity contribution < 1.29 is 14.4 Å². The van der Waals surface area contributed by atoms with E-state index >= 15 is 0 Å². The molecular formula is C21H30N6O3. The fourth-order valence-electron chi connectivity index (χ4n) is 3.49. The molecule has 2 aromatic rings. The molecule has 3 amide bonds. The van der Waals surface area contributed by atoms with E-state index in [-0.39, 0.29) is 17.7 Å². The first-order valence-corrected chi connectivity index (χ1v) is 10.2. The molecule has 0 spiro atoms. The summed E-state index contributed by atoms with van der Waals surface area (Å²) in [6.07, 6.45) is 5.91. The maximum Gasteiger partial charge on any atom is 0.244 e. The second-order valence-corrected chi connectivity index (χ2v) is 8.32. The number of pyridine rings is 1. The first-order valence-electron chi connectivity index (χ1n) is 10.2. The lowest BCUT2D eigenvalue weighted by atomic mass is 10.1. The number of amides is 3. The Morgan fingerprint density at radius 1 is 1.17 bits per heavy atom. The molecule has 3 rings (SSSR count). The highest BCUT2D eigenvalue weighted by atomic mass is 16.2. The summed E-state index contributed by atoms with van der Waals surface area (Å²) in [5.41, 5.74) is 5.74. The molecule has 1 aliphatic heterocycles. The van der Waals surface area contributed by atoms with Gasteiger partial charge in [-0.15, -0.1) is 0 Å². The topological polar surface area (TPSA) is 114 Å². The van der Waals surface area contributed by atoms with Gasteiger partial charge in [-0.3, -0.25) is 19.4 Å². The highest BCUT2D eigenvalue weighted by molar-refractivity contribution is 5.91. The number of hydrogen-bond donors (Lipinski definition) is 2. The third kappa shape index (κ3) is 4.96. The molecule has 162 valence electrons. The minimum absolute atomic E-state index is 0.0686. The van der Waals surface area contributed by atoms with Crippen LogP contribution in [0.1, 0.15) is 27.2 Å². The molecule has 0 radical (unpaired) electrons. The summed E-state index contributed by atoms with van der Waals surface area (Å²) in [4.78, 5) is 44.8. The molecule has 0 unspecified atom stereocenters. The molecule has 1 fully saturated rings. The summed E-state index contributed by atoms with van der Waals surface area (Å²) in [6.45, 7) is 7.31. The molecule has 9 nitrogen and oxygen atoms in total. The van der Waals surface area contributed by atoms with Crippen molar-refractivity contribution in [2.75, 3.05) is 26.2 Å². The van der Waals surface area contributed by atoms with Crippen molar-refractivity contribution in [1.82, 2.24) is 24.7 Å². The zero-order chi connectivity index (χ0) is 21.9. The molecule has 1 atom stereocenters. The molecule has 0 saturated carbocycles. The zero-order valence-electron chi connectivity index (χ0n) is 17.8. The third-order valence-corrected chi connectivity index (χ3v) is 5.39. The van der Waals surface area contributed by atoms with E-state index in [0.717, 1.165) is 10.9 Å². The third-order valence-electron chi connectivity index (χ3n) is 5.39. The first kappa shape index (κ1) is 21.8. The summed E-state index contributed by atoms with van der Waals surface area (Å²) < 4.78 is 2.03. The average Bonchev–Trinajstić information content (AvgIpc) is 3.14. The summed E-state index contributed by atoms with van der Waals surface area (Å²) in [5, 5.41) is 3.76. The van der Waals surface area contributed by atoms with Gasteiger partial charge in [-0.25, -0.2) is 0 Å². The summed E-state index contributed by atoms with van der Waals surface area (Å²) in [6, 6.07) is 3.30. The number of aryl methyl sites for hydroxylation is 1. The van der Waals surface area contributed by atoms with Crippen molar-refractivity contribution in [3.8, 4) is 0 Å². The van der Waals surface area contributed by atoms with Gasteiger partial charge in [0.25, 0.3) is 0 Å². The Labute approximate surface area is 176 Å². The zero-order valence-corrected chi connectivity index (χ0v) is 17.8. The van der Waals surface area contributed by atoms with Gasteiger partial charge in [-0.2, -0.15) is 0 Å². The van der Waals surface area contributed by atoms with Gasteiger partial charge in [0.05, 0.1) is 17.3 Å². The van der Waals surface area contributed by atoms with Crippen LogP contribution in [0.15, 0.2) is 30.7 Å². The lowest BCUT2D eigenvalue weighted by Crippen LogP contribution is -2.58. The van der Waals surface area contributed by atoms with Crippen LogP contribution in [-0.4, -0.2) is 74.8 Å². The van der Waals surface area contributed by atoms with Gasteiger partial charge in [-0.1, -0.05) is 0 Å². The highest BCUT2D eigenvalue weighted by Crippen LogP contribution is 2.15. The van der Waals surface area contributed by atoms with Crippen molar-refractivity contribution in [2.24, 2.45) is 5.73 Å². The Morgan fingerprint density at radius 2 is 1.83 bits per heavy atom. The maximum atomic E-state index is 12.6. The Kier molecular flexibility index (Phi) is 6.40. The van der Waals surface area contributed by atoms with E-state index in [1.54, 1.807) is 43.0 Å². The smallest absolute Gasteiger partial charge is 0.244 e. The summed E-state index contributed by atoms with van der Waals surface area (Å²) in [5.74, 6) is -0.463. The Hall–Kier alpha value is -2.94. The van der Waals surface area contributed by atoms with E-state index in [2.05, 4.69) is 10.3 Å². The lowest BCUT2D eigenvalue weighted by molar-refractivity contribution is -0.142. The number of carbonyl (C=O) groups excluding carboxylic acids is 3. The van der Waals surface area contributed by atoms with E-state index in [1.807, 2.05) is 22.9 Å². The van der Waals surface area contributed by atoms with Gasteiger partial charge in [-0.05, 0) is 32.9 Å². The minimum Gasteiger partial charge on any atom is -0.346 e. The Bertz CT molecular complexity index is 924. The van der Waals surface area contributed by atoms with Gasteiger partial charge < -0.3 is 25.4 Å². The van der Waals surface area contributed by atoms with E-state index in [1.165, 1.54) is 0 Å². The summed E-state index contributed by atoms with van der Waals surface area (Å²) >= 11 is 0.